The van der Waals surface area contributed by atoms with Crippen molar-refractivity contribution in [3.63, 3.8) is 0 Å². The summed E-state index contributed by atoms with van der Waals surface area (Å²) in [6.07, 6.45) is 0.754. The number of rotatable bonds is 8. The van der Waals surface area contributed by atoms with Crippen molar-refractivity contribution in [2.45, 2.75) is 25.0 Å². The number of aromatic carboxylic acids is 1. The molecule has 8 nitrogen and oxygen atoms in total. The topological polar surface area (TPSA) is 125 Å². The highest BCUT2D eigenvalue weighted by Crippen LogP contribution is 2.45. The van der Waals surface area contributed by atoms with Gasteiger partial charge in [0.2, 0.25) is 0 Å². The first-order valence-electron chi connectivity index (χ1n) is 11.6. The maximum absolute atomic E-state index is 11.8. The van der Waals surface area contributed by atoms with Gasteiger partial charge in [-0.05, 0) is 41.0 Å². The summed E-state index contributed by atoms with van der Waals surface area (Å²) in [6.45, 7) is 4.21. The number of nitrogens with zero attached hydrogens (tertiary/aromatic N) is 2. The Morgan fingerprint density at radius 2 is 1.75 bits per heavy atom. The number of fused-ring (bicyclic) bond motifs is 1. The smallest absolute Gasteiger partial charge is 0.439 e. The number of benzene rings is 3. The highest BCUT2D eigenvalue weighted by atomic mass is 32.2. The van der Waals surface area contributed by atoms with E-state index in [4.69, 9.17) is 9.51 Å². The van der Waals surface area contributed by atoms with E-state index in [-0.39, 0.29) is 5.56 Å². The highest BCUT2D eigenvalue weighted by molar-refractivity contribution is 8.00. The lowest BCUT2D eigenvalue weighted by Crippen LogP contribution is -2.25. The highest BCUT2D eigenvalue weighted by Gasteiger charge is 2.36. The van der Waals surface area contributed by atoms with E-state index >= 15 is 0 Å². The molecular weight excluding hydrogens is 476 g/mol. The number of carboxylic acid groups (broad SMARTS) is 1. The van der Waals surface area contributed by atoms with Crippen LogP contribution in [0.15, 0.2) is 76.0 Å². The molecule has 0 spiro atoms. The normalized spacial score (nSPS) is 13.1. The molecule has 1 unspecified atom stereocenters. The third-order valence-electron chi connectivity index (χ3n) is 6.30. The molecule has 3 aromatic carbocycles. The van der Waals surface area contributed by atoms with Crippen LogP contribution in [0.1, 0.15) is 42.0 Å². The average molecular weight is 501 g/mol. The lowest BCUT2D eigenvalue weighted by atomic mass is 9.91. The Kier molecular flexibility index (Phi) is 6.24. The fourth-order valence-corrected chi connectivity index (χ4v) is 5.84. The van der Waals surface area contributed by atoms with Crippen molar-refractivity contribution < 1.29 is 14.4 Å². The molecule has 2 aromatic heterocycles. The Labute approximate surface area is 210 Å². The summed E-state index contributed by atoms with van der Waals surface area (Å²) in [5.41, 5.74) is 5.03. The monoisotopic (exact) mass is 500 g/mol. The Morgan fingerprint density at radius 3 is 2.39 bits per heavy atom. The molecule has 0 aliphatic heterocycles. The second-order valence-electron chi connectivity index (χ2n) is 8.27. The summed E-state index contributed by atoms with van der Waals surface area (Å²) >= 11 is 1.76. The van der Waals surface area contributed by atoms with E-state index in [0.717, 1.165) is 40.3 Å². The van der Waals surface area contributed by atoms with E-state index < -0.39 is 16.5 Å². The van der Waals surface area contributed by atoms with Gasteiger partial charge in [-0.15, -0.1) is 11.8 Å². The first-order valence-corrected chi connectivity index (χ1v) is 12.6. The molecule has 3 N–H and O–H groups in total. The van der Waals surface area contributed by atoms with E-state index in [9.17, 15) is 14.7 Å². The minimum Gasteiger partial charge on any atom is -0.478 e. The van der Waals surface area contributed by atoms with Crippen molar-refractivity contribution in [1.82, 2.24) is 20.1 Å². The van der Waals surface area contributed by atoms with E-state index in [2.05, 4.69) is 41.1 Å². The van der Waals surface area contributed by atoms with Gasteiger partial charge in [0.1, 0.15) is 11.3 Å². The van der Waals surface area contributed by atoms with Crippen LogP contribution in [0.25, 0.3) is 33.5 Å². The SMILES string of the molecule is CCSC(CC)(c1ccc(-c2ccccc2-c2noc(=O)[nH]2)cc1)c1nc2c(C(=O)O)cccc2[nH]1. The summed E-state index contributed by atoms with van der Waals surface area (Å²) in [7, 11) is 0. The third kappa shape index (κ3) is 4.01. The lowest BCUT2D eigenvalue weighted by molar-refractivity contribution is 0.0699. The average Bonchev–Trinajstić information content (AvgIpc) is 3.54. The Balaban J connectivity index is 1.60. The number of H-pyrrole nitrogens is 2. The van der Waals surface area contributed by atoms with E-state index in [1.807, 2.05) is 42.5 Å². The Morgan fingerprint density at radius 1 is 1.00 bits per heavy atom. The van der Waals surface area contributed by atoms with Crippen LogP contribution in [0.5, 0.6) is 0 Å². The van der Waals surface area contributed by atoms with Crippen LogP contribution in [0, 0.1) is 0 Å². The molecular formula is C27H24N4O4S. The molecule has 5 rings (SSSR count). The first kappa shape index (κ1) is 23.6. The van der Waals surface area contributed by atoms with Crippen LogP contribution in [0.2, 0.25) is 0 Å². The number of hydrogen-bond donors (Lipinski definition) is 3. The van der Waals surface area contributed by atoms with Crippen molar-refractivity contribution in [3.05, 3.63) is 94.2 Å². The molecule has 0 aliphatic carbocycles. The fraction of sp³-hybridized carbons (Fsp3) is 0.185. The maximum atomic E-state index is 11.8. The molecule has 1 atom stereocenters. The fourth-order valence-electron chi connectivity index (χ4n) is 4.61. The van der Waals surface area contributed by atoms with Crippen LogP contribution in [0.3, 0.4) is 0 Å². The standard InChI is InChI=1S/C27H24N4O4S/c1-3-27(36-4-2,25-28-21-11-7-10-20(24(32)33)22(21)29-25)17-14-12-16(13-15-17)18-8-5-6-9-19(18)23-30-26(34)35-31-23/h5-15H,3-4H2,1-2H3,(H,28,29)(H,32,33)(H,30,31,34). The van der Waals surface area contributed by atoms with Crippen molar-refractivity contribution >= 4 is 28.8 Å². The van der Waals surface area contributed by atoms with E-state index in [0.29, 0.717) is 16.9 Å². The quantitative estimate of drug-likeness (QED) is 0.250. The zero-order valence-electron chi connectivity index (χ0n) is 19.7. The minimum absolute atomic E-state index is 0.180. The van der Waals surface area contributed by atoms with Gasteiger partial charge in [0.15, 0.2) is 5.82 Å². The summed E-state index contributed by atoms with van der Waals surface area (Å²) in [5, 5.41) is 13.5. The van der Waals surface area contributed by atoms with Crippen molar-refractivity contribution in [3.8, 4) is 22.5 Å². The molecule has 0 amide bonds. The van der Waals surface area contributed by atoms with Crippen LogP contribution >= 0.6 is 11.8 Å². The van der Waals surface area contributed by atoms with Crippen LogP contribution in [-0.2, 0) is 4.75 Å². The van der Waals surface area contributed by atoms with Crippen LogP contribution < -0.4 is 5.76 Å². The van der Waals surface area contributed by atoms with Gasteiger partial charge in [0, 0.05) is 5.56 Å². The Bertz CT molecular complexity index is 1600. The molecule has 182 valence electrons. The number of nitrogens with one attached hydrogen (secondary N) is 2. The number of carboxylic acids is 1. The maximum Gasteiger partial charge on any atom is 0.439 e. The molecule has 9 heteroatoms. The first-order chi connectivity index (χ1) is 17.5. The van der Waals surface area contributed by atoms with Crippen molar-refractivity contribution in [2.24, 2.45) is 0 Å². The van der Waals surface area contributed by atoms with Crippen molar-refractivity contribution in [2.75, 3.05) is 5.75 Å². The molecule has 36 heavy (non-hydrogen) atoms. The van der Waals surface area contributed by atoms with Crippen LogP contribution in [0.4, 0.5) is 0 Å². The summed E-state index contributed by atoms with van der Waals surface area (Å²) in [6, 6.07) is 21.1. The third-order valence-corrected chi connectivity index (χ3v) is 7.80. The van der Waals surface area contributed by atoms with Gasteiger partial charge in [-0.2, -0.15) is 0 Å². The van der Waals surface area contributed by atoms with Crippen molar-refractivity contribution in [1.29, 1.82) is 0 Å². The van der Waals surface area contributed by atoms with E-state index in [1.54, 1.807) is 23.9 Å². The molecule has 0 aliphatic rings. The number of hydrogen-bond acceptors (Lipinski definition) is 6. The minimum atomic E-state index is -1.000. The largest absolute Gasteiger partial charge is 0.478 e. The second kappa shape index (κ2) is 9.50. The molecule has 0 bridgehead atoms. The molecule has 0 radical (unpaired) electrons. The number of aromatic amines is 2. The molecule has 0 saturated carbocycles. The summed E-state index contributed by atoms with van der Waals surface area (Å²) in [4.78, 5) is 34.1. The molecule has 5 aromatic rings. The van der Waals surface area contributed by atoms with E-state index in [1.165, 1.54) is 0 Å². The van der Waals surface area contributed by atoms with Gasteiger partial charge in [-0.1, -0.05) is 73.6 Å². The van der Waals surface area contributed by atoms with Gasteiger partial charge < -0.3 is 10.1 Å². The van der Waals surface area contributed by atoms with Gasteiger partial charge in [0.25, 0.3) is 0 Å². The Hall–Kier alpha value is -4.11. The number of carbonyl (C=O) groups is 1. The zero-order chi connectivity index (χ0) is 25.3. The zero-order valence-corrected chi connectivity index (χ0v) is 20.6. The number of imidazole rings is 1. The number of para-hydroxylation sites is 1. The predicted octanol–water partition coefficient (Wildman–Crippen LogP) is 5.68. The van der Waals surface area contributed by atoms with Gasteiger partial charge >= 0.3 is 11.7 Å². The predicted molar refractivity (Wildman–Crippen MR) is 140 cm³/mol. The van der Waals surface area contributed by atoms with Gasteiger partial charge in [0.05, 0.1) is 15.8 Å². The lowest BCUT2D eigenvalue weighted by Gasteiger charge is -2.31. The van der Waals surface area contributed by atoms with Crippen LogP contribution in [-0.4, -0.2) is 36.9 Å². The van der Waals surface area contributed by atoms with Gasteiger partial charge in [-0.3, -0.25) is 9.51 Å². The number of thioether (sulfide) groups is 1. The van der Waals surface area contributed by atoms with Gasteiger partial charge in [-0.25, -0.2) is 14.6 Å². The molecule has 0 saturated heterocycles. The molecule has 2 heterocycles. The number of aromatic nitrogens is 4. The summed E-state index contributed by atoms with van der Waals surface area (Å²) < 4.78 is 4.21. The summed E-state index contributed by atoms with van der Waals surface area (Å²) in [5.74, 6) is 0.354. The molecule has 0 fully saturated rings. The second-order valence-corrected chi connectivity index (χ2v) is 9.84.